The first-order valence-electron chi connectivity index (χ1n) is 5.85. The molecule has 3 nitrogen and oxygen atoms in total. The molecule has 3 aromatic rings. The average molecular weight is 255 g/mol. The number of aromatic nitrogens is 3. The zero-order chi connectivity index (χ0) is 12.2. The summed E-state index contributed by atoms with van der Waals surface area (Å²) in [6.45, 7) is 0. The standard InChI is InChI=1S/C14H13N3S/c1-2-6-15-11(4-1)9-14-16-10-12(17-14)8-13-5-3-7-18-13/h1-7,10H,8-9H2,(H,16,17). The highest BCUT2D eigenvalue weighted by Gasteiger charge is 2.04. The number of hydrogen-bond donors (Lipinski definition) is 1. The van der Waals surface area contributed by atoms with Crippen molar-refractivity contribution in [1.82, 2.24) is 15.0 Å². The third-order valence-corrected chi connectivity index (χ3v) is 3.58. The summed E-state index contributed by atoms with van der Waals surface area (Å²) in [6, 6.07) is 10.2. The Morgan fingerprint density at radius 3 is 2.83 bits per heavy atom. The summed E-state index contributed by atoms with van der Waals surface area (Å²) in [5.74, 6) is 0.972. The number of aromatic amines is 1. The second-order valence-corrected chi connectivity index (χ2v) is 5.14. The van der Waals surface area contributed by atoms with Gasteiger partial charge in [0.2, 0.25) is 0 Å². The summed E-state index contributed by atoms with van der Waals surface area (Å²) >= 11 is 1.77. The molecule has 0 unspecified atom stereocenters. The minimum atomic E-state index is 0.755. The van der Waals surface area contributed by atoms with E-state index in [1.165, 1.54) is 4.88 Å². The zero-order valence-corrected chi connectivity index (χ0v) is 10.7. The van der Waals surface area contributed by atoms with Crippen molar-refractivity contribution in [3.05, 3.63) is 70.2 Å². The molecule has 0 spiro atoms. The van der Waals surface area contributed by atoms with Crippen molar-refractivity contribution in [1.29, 1.82) is 0 Å². The lowest BCUT2D eigenvalue weighted by Crippen LogP contribution is -1.93. The van der Waals surface area contributed by atoms with Gasteiger partial charge in [-0.2, -0.15) is 0 Å². The first kappa shape index (κ1) is 11.2. The molecule has 0 aliphatic heterocycles. The fourth-order valence-corrected chi connectivity index (χ4v) is 2.59. The predicted octanol–water partition coefficient (Wildman–Crippen LogP) is 3.05. The van der Waals surface area contributed by atoms with Crippen LogP contribution in [0.3, 0.4) is 0 Å². The molecule has 0 fully saturated rings. The van der Waals surface area contributed by atoms with Gasteiger partial charge in [0.25, 0.3) is 0 Å². The van der Waals surface area contributed by atoms with Crippen LogP contribution in [0.4, 0.5) is 0 Å². The first-order chi connectivity index (χ1) is 8.90. The molecule has 1 N–H and O–H groups in total. The lowest BCUT2D eigenvalue weighted by atomic mass is 10.2. The number of H-pyrrole nitrogens is 1. The summed E-state index contributed by atoms with van der Waals surface area (Å²) < 4.78 is 0. The molecule has 0 atom stereocenters. The van der Waals surface area contributed by atoms with Crippen molar-refractivity contribution < 1.29 is 0 Å². The maximum atomic E-state index is 4.40. The fourth-order valence-electron chi connectivity index (χ4n) is 1.86. The molecule has 0 radical (unpaired) electrons. The Hall–Kier alpha value is -1.94. The van der Waals surface area contributed by atoms with E-state index in [0.29, 0.717) is 0 Å². The molecule has 0 bridgehead atoms. The van der Waals surface area contributed by atoms with E-state index >= 15 is 0 Å². The predicted molar refractivity (Wildman–Crippen MR) is 72.8 cm³/mol. The van der Waals surface area contributed by atoms with Gasteiger partial charge in [0.05, 0.1) is 0 Å². The van der Waals surface area contributed by atoms with Crippen molar-refractivity contribution in [2.45, 2.75) is 12.8 Å². The van der Waals surface area contributed by atoms with Crippen LogP contribution in [0.1, 0.15) is 22.1 Å². The molecular formula is C14H13N3S. The van der Waals surface area contributed by atoms with Gasteiger partial charge in [-0.05, 0) is 23.6 Å². The summed E-state index contributed by atoms with van der Waals surface area (Å²) in [5, 5.41) is 2.10. The van der Waals surface area contributed by atoms with Gasteiger partial charge in [-0.15, -0.1) is 11.3 Å². The fraction of sp³-hybridized carbons (Fsp3) is 0.143. The molecule has 0 aliphatic carbocycles. The van der Waals surface area contributed by atoms with Crippen LogP contribution in [0, 0.1) is 0 Å². The van der Waals surface area contributed by atoms with Gasteiger partial charge in [-0.3, -0.25) is 4.98 Å². The maximum absolute atomic E-state index is 4.40. The SMILES string of the molecule is c1ccc(Cc2ncc(Cc3cccs3)[nH]2)nc1. The number of thiophene rings is 1. The van der Waals surface area contributed by atoms with E-state index in [0.717, 1.165) is 30.1 Å². The van der Waals surface area contributed by atoms with E-state index in [-0.39, 0.29) is 0 Å². The van der Waals surface area contributed by atoms with Gasteiger partial charge in [-0.25, -0.2) is 4.98 Å². The van der Waals surface area contributed by atoms with E-state index in [1.807, 2.05) is 30.6 Å². The molecule has 0 amide bonds. The van der Waals surface area contributed by atoms with E-state index in [9.17, 15) is 0 Å². The Balaban J connectivity index is 1.70. The van der Waals surface area contributed by atoms with Gasteiger partial charge in [0.15, 0.2) is 0 Å². The normalized spacial score (nSPS) is 10.7. The minimum absolute atomic E-state index is 0.755. The number of pyridine rings is 1. The largest absolute Gasteiger partial charge is 0.345 e. The molecule has 0 aromatic carbocycles. The van der Waals surface area contributed by atoms with Gasteiger partial charge in [-0.1, -0.05) is 12.1 Å². The van der Waals surface area contributed by atoms with Gasteiger partial charge < -0.3 is 4.98 Å². The monoisotopic (exact) mass is 255 g/mol. The second kappa shape index (κ2) is 5.14. The van der Waals surface area contributed by atoms with Crippen LogP contribution in [-0.2, 0) is 12.8 Å². The van der Waals surface area contributed by atoms with Gasteiger partial charge in [0, 0.05) is 41.5 Å². The number of hydrogen-bond acceptors (Lipinski definition) is 3. The Morgan fingerprint density at radius 2 is 2.06 bits per heavy atom. The molecule has 3 rings (SSSR count). The summed E-state index contributed by atoms with van der Waals surface area (Å²) in [4.78, 5) is 13.4. The van der Waals surface area contributed by atoms with Crippen molar-refractivity contribution in [2.24, 2.45) is 0 Å². The molecule has 0 aliphatic rings. The van der Waals surface area contributed by atoms with Crippen molar-refractivity contribution >= 4 is 11.3 Å². The van der Waals surface area contributed by atoms with E-state index in [2.05, 4.69) is 32.5 Å². The topological polar surface area (TPSA) is 41.6 Å². The Bertz CT molecular complexity index is 599. The van der Waals surface area contributed by atoms with Gasteiger partial charge in [0.1, 0.15) is 5.82 Å². The molecule has 3 heterocycles. The number of nitrogens with zero attached hydrogens (tertiary/aromatic N) is 2. The zero-order valence-electron chi connectivity index (χ0n) is 9.84. The van der Waals surface area contributed by atoms with E-state index < -0.39 is 0 Å². The van der Waals surface area contributed by atoms with Crippen LogP contribution >= 0.6 is 11.3 Å². The smallest absolute Gasteiger partial charge is 0.112 e. The van der Waals surface area contributed by atoms with Gasteiger partial charge >= 0.3 is 0 Å². The number of imidazole rings is 1. The van der Waals surface area contributed by atoms with Crippen molar-refractivity contribution in [3.63, 3.8) is 0 Å². The molecule has 0 saturated heterocycles. The third kappa shape index (κ3) is 2.65. The molecule has 3 aromatic heterocycles. The molecular weight excluding hydrogens is 242 g/mol. The first-order valence-corrected chi connectivity index (χ1v) is 6.73. The second-order valence-electron chi connectivity index (χ2n) is 4.11. The Labute approximate surface area is 110 Å². The number of nitrogens with one attached hydrogen (secondary N) is 1. The highest BCUT2D eigenvalue weighted by molar-refractivity contribution is 7.09. The van der Waals surface area contributed by atoms with Crippen LogP contribution in [0.5, 0.6) is 0 Å². The average Bonchev–Trinajstić information content (AvgIpc) is 3.03. The summed E-state index contributed by atoms with van der Waals surface area (Å²) in [7, 11) is 0. The lowest BCUT2D eigenvalue weighted by molar-refractivity contribution is 0.964. The van der Waals surface area contributed by atoms with Crippen LogP contribution in [0.15, 0.2) is 48.1 Å². The van der Waals surface area contributed by atoms with E-state index in [4.69, 9.17) is 0 Å². The summed E-state index contributed by atoms with van der Waals surface area (Å²) in [6.07, 6.45) is 5.40. The quantitative estimate of drug-likeness (QED) is 0.778. The van der Waals surface area contributed by atoms with Crippen molar-refractivity contribution in [3.8, 4) is 0 Å². The highest BCUT2D eigenvalue weighted by Crippen LogP contribution is 2.14. The Morgan fingerprint density at radius 1 is 1.06 bits per heavy atom. The molecule has 0 saturated carbocycles. The Kier molecular flexibility index (Phi) is 3.19. The van der Waals surface area contributed by atoms with E-state index in [1.54, 1.807) is 11.3 Å². The van der Waals surface area contributed by atoms with Crippen LogP contribution < -0.4 is 0 Å². The molecule has 90 valence electrons. The van der Waals surface area contributed by atoms with Crippen LogP contribution in [0.25, 0.3) is 0 Å². The minimum Gasteiger partial charge on any atom is -0.345 e. The lowest BCUT2D eigenvalue weighted by Gasteiger charge is -1.96. The maximum Gasteiger partial charge on any atom is 0.112 e. The molecule has 18 heavy (non-hydrogen) atoms. The summed E-state index contributed by atoms with van der Waals surface area (Å²) in [5.41, 5.74) is 2.19. The van der Waals surface area contributed by atoms with Crippen LogP contribution in [-0.4, -0.2) is 15.0 Å². The molecule has 4 heteroatoms. The number of rotatable bonds is 4. The highest BCUT2D eigenvalue weighted by atomic mass is 32.1. The van der Waals surface area contributed by atoms with Crippen LogP contribution in [0.2, 0.25) is 0 Å². The van der Waals surface area contributed by atoms with Crippen molar-refractivity contribution in [2.75, 3.05) is 0 Å². The third-order valence-electron chi connectivity index (χ3n) is 2.70.